The van der Waals surface area contributed by atoms with Gasteiger partial charge in [-0.05, 0) is 43.5 Å². The number of H-pyrrole nitrogens is 1. The third kappa shape index (κ3) is 2.72. The summed E-state index contributed by atoms with van der Waals surface area (Å²) in [6.07, 6.45) is 3.13. The third-order valence-corrected chi connectivity index (χ3v) is 3.87. The minimum absolute atomic E-state index is 0.150. The van der Waals surface area contributed by atoms with E-state index in [4.69, 9.17) is 4.42 Å². The van der Waals surface area contributed by atoms with Gasteiger partial charge in [-0.2, -0.15) is 0 Å². The molecule has 1 aliphatic rings. The van der Waals surface area contributed by atoms with Crippen LogP contribution in [-0.2, 0) is 6.42 Å². The summed E-state index contributed by atoms with van der Waals surface area (Å²) >= 11 is 0. The molecule has 0 radical (unpaired) electrons. The van der Waals surface area contributed by atoms with Crippen LogP contribution in [0.4, 0.5) is 0 Å². The average Bonchev–Trinajstić information content (AvgIpc) is 3.09. The van der Waals surface area contributed by atoms with Crippen molar-refractivity contribution in [3.05, 3.63) is 34.3 Å². The SMILES string of the molecule is O=c1[nH]c2ccc(CCNCC3(CO)CC3)cc2o1. The number of hydrogen-bond donors (Lipinski definition) is 3. The van der Waals surface area contributed by atoms with E-state index in [2.05, 4.69) is 10.3 Å². The summed E-state index contributed by atoms with van der Waals surface area (Å²) in [6, 6.07) is 5.76. The molecule has 0 unspecified atom stereocenters. The Morgan fingerprint density at radius 1 is 1.42 bits per heavy atom. The van der Waals surface area contributed by atoms with E-state index in [0.29, 0.717) is 5.58 Å². The lowest BCUT2D eigenvalue weighted by molar-refractivity contribution is 0.208. The van der Waals surface area contributed by atoms with Crippen molar-refractivity contribution in [2.75, 3.05) is 19.7 Å². The molecule has 3 N–H and O–H groups in total. The highest BCUT2D eigenvalue weighted by molar-refractivity contribution is 5.72. The molecule has 0 bridgehead atoms. The normalized spacial score (nSPS) is 16.9. The van der Waals surface area contributed by atoms with Crippen LogP contribution in [-0.4, -0.2) is 29.8 Å². The van der Waals surface area contributed by atoms with Gasteiger partial charge in [0.2, 0.25) is 0 Å². The van der Waals surface area contributed by atoms with Crippen molar-refractivity contribution in [2.24, 2.45) is 5.41 Å². The van der Waals surface area contributed by atoms with E-state index in [1.165, 1.54) is 0 Å². The van der Waals surface area contributed by atoms with Crippen molar-refractivity contribution < 1.29 is 9.52 Å². The van der Waals surface area contributed by atoms with Crippen LogP contribution in [0.25, 0.3) is 11.1 Å². The minimum atomic E-state index is -0.413. The number of aliphatic hydroxyl groups excluding tert-OH is 1. The zero-order valence-corrected chi connectivity index (χ0v) is 10.7. The number of oxazole rings is 1. The van der Waals surface area contributed by atoms with Gasteiger partial charge in [0.15, 0.2) is 5.58 Å². The number of rotatable bonds is 6. The van der Waals surface area contributed by atoms with Gasteiger partial charge in [-0.1, -0.05) is 6.07 Å². The molecule has 1 aliphatic carbocycles. The molecule has 0 aliphatic heterocycles. The van der Waals surface area contributed by atoms with Crippen LogP contribution in [0.5, 0.6) is 0 Å². The standard InChI is InChI=1S/C14H18N2O3/c17-9-14(4-5-14)8-15-6-3-10-1-2-11-12(7-10)19-13(18)16-11/h1-2,7,15,17H,3-6,8-9H2,(H,16,18). The number of hydrogen-bond acceptors (Lipinski definition) is 4. The first kappa shape index (κ1) is 12.4. The zero-order chi connectivity index (χ0) is 13.3. The van der Waals surface area contributed by atoms with Crippen LogP contribution in [0.3, 0.4) is 0 Å². The highest BCUT2D eigenvalue weighted by Crippen LogP contribution is 2.44. The first-order valence-electron chi connectivity index (χ1n) is 6.64. The number of aromatic nitrogens is 1. The predicted molar refractivity (Wildman–Crippen MR) is 72.2 cm³/mol. The summed E-state index contributed by atoms with van der Waals surface area (Å²) < 4.78 is 5.03. The van der Waals surface area contributed by atoms with E-state index in [0.717, 1.165) is 43.4 Å². The Labute approximate surface area is 110 Å². The van der Waals surface area contributed by atoms with Crippen molar-refractivity contribution in [3.63, 3.8) is 0 Å². The van der Waals surface area contributed by atoms with Gasteiger partial charge in [-0.15, -0.1) is 0 Å². The number of aromatic amines is 1. The second kappa shape index (κ2) is 4.83. The summed E-state index contributed by atoms with van der Waals surface area (Å²) in [6.45, 7) is 2.02. The molecule has 1 aromatic carbocycles. The van der Waals surface area contributed by atoms with Crippen LogP contribution >= 0.6 is 0 Å². The summed E-state index contributed by atoms with van der Waals surface area (Å²) in [7, 11) is 0. The van der Waals surface area contributed by atoms with Crippen LogP contribution in [0, 0.1) is 5.41 Å². The number of aliphatic hydroxyl groups is 1. The Kier molecular flexibility index (Phi) is 3.16. The Morgan fingerprint density at radius 2 is 2.26 bits per heavy atom. The maximum absolute atomic E-state index is 11.1. The summed E-state index contributed by atoms with van der Waals surface area (Å²) in [5, 5.41) is 12.6. The van der Waals surface area contributed by atoms with Crippen molar-refractivity contribution in [2.45, 2.75) is 19.3 Å². The zero-order valence-electron chi connectivity index (χ0n) is 10.7. The highest BCUT2D eigenvalue weighted by Gasteiger charge is 2.41. The van der Waals surface area contributed by atoms with E-state index in [1.54, 1.807) is 0 Å². The van der Waals surface area contributed by atoms with Gasteiger partial charge < -0.3 is 14.8 Å². The van der Waals surface area contributed by atoms with Gasteiger partial charge in [0.1, 0.15) is 0 Å². The maximum Gasteiger partial charge on any atom is 0.417 e. The lowest BCUT2D eigenvalue weighted by atomic mass is 10.1. The molecule has 1 heterocycles. The van der Waals surface area contributed by atoms with Crippen molar-refractivity contribution in [1.29, 1.82) is 0 Å². The monoisotopic (exact) mass is 262 g/mol. The van der Waals surface area contributed by atoms with E-state index < -0.39 is 5.76 Å². The molecule has 5 heteroatoms. The molecular weight excluding hydrogens is 244 g/mol. The Morgan fingerprint density at radius 3 is 3.00 bits per heavy atom. The van der Waals surface area contributed by atoms with E-state index in [9.17, 15) is 9.90 Å². The molecule has 1 fully saturated rings. The molecule has 1 saturated carbocycles. The molecule has 0 atom stereocenters. The molecule has 2 aromatic rings. The Hall–Kier alpha value is -1.59. The van der Waals surface area contributed by atoms with Gasteiger partial charge in [0.25, 0.3) is 0 Å². The quantitative estimate of drug-likeness (QED) is 0.679. The number of fused-ring (bicyclic) bond motifs is 1. The lowest BCUT2D eigenvalue weighted by Crippen LogP contribution is -2.28. The van der Waals surface area contributed by atoms with E-state index in [1.807, 2.05) is 18.2 Å². The van der Waals surface area contributed by atoms with E-state index in [-0.39, 0.29) is 12.0 Å². The Bertz CT molecular complexity index is 625. The summed E-state index contributed by atoms with van der Waals surface area (Å²) in [4.78, 5) is 13.7. The van der Waals surface area contributed by atoms with Gasteiger partial charge >= 0.3 is 5.76 Å². The maximum atomic E-state index is 11.1. The summed E-state index contributed by atoms with van der Waals surface area (Å²) in [5.74, 6) is -0.413. The minimum Gasteiger partial charge on any atom is -0.408 e. The number of benzene rings is 1. The molecule has 19 heavy (non-hydrogen) atoms. The molecule has 0 spiro atoms. The van der Waals surface area contributed by atoms with Crippen molar-refractivity contribution in [3.8, 4) is 0 Å². The molecule has 1 aromatic heterocycles. The first-order chi connectivity index (χ1) is 9.21. The van der Waals surface area contributed by atoms with Crippen LogP contribution < -0.4 is 11.1 Å². The van der Waals surface area contributed by atoms with Crippen LogP contribution in [0.15, 0.2) is 27.4 Å². The predicted octanol–water partition coefficient (Wildman–Crippen LogP) is 1.03. The van der Waals surface area contributed by atoms with Gasteiger partial charge in [-0.25, -0.2) is 4.79 Å². The fourth-order valence-corrected chi connectivity index (χ4v) is 2.30. The molecule has 102 valence electrons. The Balaban J connectivity index is 1.55. The van der Waals surface area contributed by atoms with Gasteiger partial charge in [0.05, 0.1) is 5.52 Å². The molecule has 3 rings (SSSR count). The fourth-order valence-electron chi connectivity index (χ4n) is 2.30. The van der Waals surface area contributed by atoms with Crippen molar-refractivity contribution in [1.82, 2.24) is 10.3 Å². The average molecular weight is 262 g/mol. The first-order valence-corrected chi connectivity index (χ1v) is 6.64. The van der Waals surface area contributed by atoms with Gasteiger partial charge in [-0.3, -0.25) is 4.98 Å². The van der Waals surface area contributed by atoms with E-state index >= 15 is 0 Å². The molecule has 5 nitrogen and oxygen atoms in total. The second-order valence-corrected chi connectivity index (χ2v) is 5.43. The molecule has 0 saturated heterocycles. The fraction of sp³-hybridized carbons (Fsp3) is 0.500. The van der Waals surface area contributed by atoms with Crippen LogP contribution in [0.2, 0.25) is 0 Å². The van der Waals surface area contributed by atoms with Gasteiger partial charge in [0, 0.05) is 18.6 Å². The smallest absolute Gasteiger partial charge is 0.408 e. The number of nitrogens with one attached hydrogen (secondary N) is 2. The highest BCUT2D eigenvalue weighted by atomic mass is 16.4. The summed E-state index contributed by atoms with van der Waals surface area (Å²) in [5.41, 5.74) is 2.63. The lowest BCUT2D eigenvalue weighted by Gasteiger charge is -2.12. The second-order valence-electron chi connectivity index (χ2n) is 5.43. The molecule has 0 amide bonds. The molecular formula is C14H18N2O3. The third-order valence-electron chi connectivity index (χ3n) is 3.87. The largest absolute Gasteiger partial charge is 0.417 e. The topological polar surface area (TPSA) is 78.3 Å². The van der Waals surface area contributed by atoms with Crippen LogP contribution in [0.1, 0.15) is 18.4 Å². The van der Waals surface area contributed by atoms with Crippen molar-refractivity contribution >= 4 is 11.1 Å².